The van der Waals surface area contributed by atoms with Crippen molar-refractivity contribution >= 4 is 19.0 Å². The van der Waals surface area contributed by atoms with Crippen LogP contribution < -0.4 is 5.19 Å². The Hall–Kier alpha value is -1.93. The first-order chi connectivity index (χ1) is 10.9. The largest absolute Gasteiger partial charge is 0.300 e. The number of hydrogen-bond acceptors (Lipinski definition) is 1. The molecule has 0 saturated heterocycles. The van der Waals surface area contributed by atoms with Crippen LogP contribution in [0.1, 0.15) is 31.4 Å². The molecule has 1 nitrogen and oxygen atoms in total. The van der Waals surface area contributed by atoms with Gasteiger partial charge < -0.3 is 0 Å². The fraction of sp³-hybridized carbons (Fsp3) is 0.286. The van der Waals surface area contributed by atoms with E-state index in [1.807, 2.05) is 0 Å². The van der Waals surface area contributed by atoms with Gasteiger partial charge in [0.15, 0.2) is 0 Å². The lowest BCUT2D eigenvalue weighted by atomic mass is 10.1. The van der Waals surface area contributed by atoms with Crippen molar-refractivity contribution in [3.63, 3.8) is 0 Å². The first-order valence-corrected chi connectivity index (χ1v) is 11.3. The van der Waals surface area contributed by atoms with E-state index in [2.05, 4.69) is 86.8 Å². The van der Waals surface area contributed by atoms with E-state index >= 15 is 0 Å². The minimum atomic E-state index is -1.75. The van der Waals surface area contributed by atoms with Crippen molar-refractivity contribution in [1.82, 2.24) is 0 Å². The van der Waals surface area contributed by atoms with Crippen molar-refractivity contribution in [1.29, 1.82) is 0 Å². The highest BCUT2D eigenvalue weighted by Gasteiger charge is 2.33. The van der Waals surface area contributed by atoms with E-state index < -0.39 is 8.07 Å². The average molecular weight is 323 g/mol. The van der Waals surface area contributed by atoms with Gasteiger partial charge in [0.1, 0.15) is 5.78 Å². The second-order valence-electron chi connectivity index (χ2n) is 6.87. The Labute approximate surface area is 141 Å². The topological polar surface area (TPSA) is 17.1 Å². The van der Waals surface area contributed by atoms with Crippen LogP contribution in [0.4, 0.5) is 0 Å². The first kappa shape index (κ1) is 17.4. The van der Waals surface area contributed by atoms with Gasteiger partial charge in [0, 0.05) is 12.0 Å². The first-order valence-electron chi connectivity index (χ1n) is 8.18. The monoisotopic (exact) mass is 322 g/mol. The molecule has 0 spiro atoms. The summed E-state index contributed by atoms with van der Waals surface area (Å²) in [4.78, 5) is 11.5. The third kappa shape index (κ3) is 4.52. The van der Waals surface area contributed by atoms with Gasteiger partial charge in [-0.25, -0.2) is 0 Å². The summed E-state index contributed by atoms with van der Waals surface area (Å²) in [6, 6.07) is 21.5. The van der Waals surface area contributed by atoms with Crippen LogP contribution in [0.3, 0.4) is 0 Å². The number of carbonyl (C=O) groups excluding carboxylic acids is 1. The summed E-state index contributed by atoms with van der Waals surface area (Å²) in [5.74, 6) is 0.227. The number of rotatable bonds is 6. The van der Waals surface area contributed by atoms with Gasteiger partial charge in [-0.2, -0.15) is 0 Å². The second-order valence-corrected chi connectivity index (χ2v) is 11.5. The molecule has 1 atom stereocenters. The van der Waals surface area contributed by atoms with E-state index in [0.717, 1.165) is 0 Å². The van der Waals surface area contributed by atoms with Crippen LogP contribution in [-0.4, -0.2) is 13.9 Å². The predicted octanol–water partition coefficient (Wildman–Crippen LogP) is 4.85. The summed E-state index contributed by atoms with van der Waals surface area (Å²) < 4.78 is 0. The van der Waals surface area contributed by atoms with Crippen molar-refractivity contribution in [2.24, 2.45) is 0 Å². The van der Waals surface area contributed by atoms with Gasteiger partial charge in [-0.05, 0) is 19.4 Å². The molecule has 0 amide bonds. The zero-order chi connectivity index (χ0) is 16.9. The molecular weight excluding hydrogens is 296 g/mol. The molecule has 0 saturated carbocycles. The van der Waals surface area contributed by atoms with E-state index in [0.29, 0.717) is 12.0 Å². The van der Waals surface area contributed by atoms with Gasteiger partial charge in [0.2, 0.25) is 0 Å². The van der Waals surface area contributed by atoms with Crippen molar-refractivity contribution in [3.8, 4) is 0 Å². The fourth-order valence-electron chi connectivity index (χ4n) is 3.16. The number of Topliss-reactive ketones (excluding diaryl/α,β-unsaturated/α-hetero) is 1. The van der Waals surface area contributed by atoms with Gasteiger partial charge in [0.25, 0.3) is 0 Å². The SMILES string of the molecule is CC(=O)C/C(C)=C\[C@H](c1ccccc1)[Si](C)(C)c1ccccc1. The maximum Gasteiger partial charge on any atom is 0.133 e. The quantitative estimate of drug-likeness (QED) is 0.549. The molecule has 0 N–H and O–H groups in total. The molecule has 0 aliphatic carbocycles. The lowest BCUT2D eigenvalue weighted by molar-refractivity contribution is -0.116. The molecule has 0 fully saturated rings. The summed E-state index contributed by atoms with van der Waals surface area (Å²) in [6.45, 7) is 8.57. The Kier molecular flexibility index (Phi) is 5.73. The number of carbonyl (C=O) groups is 1. The third-order valence-electron chi connectivity index (χ3n) is 4.43. The number of benzene rings is 2. The Morgan fingerprint density at radius 1 is 0.957 bits per heavy atom. The van der Waals surface area contributed by atoms with Crippen LogP contribution in [-0.2, 0) is 4.79 Å². The average Bonchev–Trinajstić information content (AvgIpc) is 2.53. The number of ketones is 1. The zero-order valence-electron chi connectivity index (χ0n) is 14.5. The van der Waals surface area contributed by atoms with Gasteiger partial charge in [-0.1, -0.05) is 90.6 Å². The summed E-state index contributed by atoms with van der Waals surface area (Å²) >= 11 is 0. The summed E-state index contributed by atoms with van der Waals surface area (Å²) in [5, 5.41) is 1.45. The molecule has 2 rings (SSSR count). The van der Waals surface area contributed by atoms with Gasteiger partial charge in [-0.15, -0.1) is 0 Å². The van der Waals surface area contributed by atoms with Gasteiger partial charge in [0.05, 0.1) is 8.07 Å². The zero-order valence-corrected chi connectivity index (χ0v) is 15.5. The molecule has 120 valence electrons. The maximum atomic E-state index is 11.5. The van der Waals surface area contributed by atoms with Crippen LogP contribution in [0.25, 0.3) is 0 Å². The lowest BCUT2D eigenvalue weighted by Crippen LogP contribution is -2.47. The Bertz CT molecular complexity index is 672. The highest BCUT2D eigenvalue weighted by Crippen LogP contribution is 2.30. The van der Waals surface area contributed by atoms with Crippen LogP contribution >= 0.6 is 0 Å². The summed E-state index contributed by atoms with van der Waals surface area (Å²) in [7, 11) is -1.75. The van der Waals surface area contributed by atoms with Crippen LogP contribution in [0.15, 0.2) is 72.3 Å². The third-order valence-corrected chi connectivity index (χ3v) is 8.31. The van der Waals surface area contributed by atoms with Crippen molar-refractivity contribution in [2.45, 2.75) is 38.9 Å². The molecule has 0 heterocycles. The van der Waals surface area contributed by atoms with E-state index in [1.54, 1.807) is 6.92 Å². The molecule has 2 aromatic rings. The maximum absolute atomic E-state index is 11.5. The minimum absolute atomic E-state index is 0.227. The predicted molar refractivity (Wildman–Crippen MR) is 102 cm³/mol. The number of hydrogen-bond donors (Lipinski definition) is 0. The summed E-state index contributed by atoms with van der Waals surface area (Å²) in [5.41, 5.74) is 2.88. The van der Waals surface area contributed by atoms with Gasteiger partial charge in [-0.3, -0.25) is 4.79 Å². The summed E-state index contributed by atoms with van der Waals surface area (Å²) in [6.07, 6.45) is 2.87. The van der Waals surface area contributed by atoms with Crippen LogP contribution in [0.5, 0.6) is 0 Å². The molecule has 0 aromatic heterocycles. The minimum Gasteiger partial charge on any atom is -0.300 e. The molecule has 2 aromatic carbocycles. The molecule has 0 bridgehead atoms. The fourth-order valence-corrected chi connectivity index (χ4v) is 6.30. The van der Waals surface area contributed by atoms with E-state index in [9.17, 15) is 4.79 Å². The Morgan fingerprint density at radius 3 is 2.00 bits per heavy atom. The normalized spacial score (nSPS) is 13.7. The van der Waals surface area contributed by atoms with Crippen LogP contribution in [0.2, 0.25) is 13.1 Å². The molecular formula is C21H26OSi. The smallest absolute Gasteiger partial charge is 0.133 e. The van der Waals surface area contributed by atoms with Crippen molar-refractivity contribution < 1.29 is 4.79 Å². The van der Waals surface area contributed by atoms with Crippen molar-refractivity contribution in [2.75, 3.05) is 0 Å². The molecule has 23 heavy (non-hydrogen) atoms. The standard InChI is InChI=1S/C21H26OSi/c1-17(15-18(2)22)16-21(19-11-7-5-8-12-19)23(3,4)20-13-9-6-10-14-20/h5-14,16,21H,15H2,1-4H3/b17-16-/t21-/m1/s1. The lowest BCUT2D eigenvalue weighted by Gasteiger charge is -2.32. The molecule has 0 unspecified atom stereocenters. The number of allylic oxidation sites excluding steroid dienone is 2. The van der Waals surface area contributed by atoms with E-state index in [-0.39, 0.29) is 5.78 Å². The Balaban J connectivity index is 2.47. The molecule has 2 heteroatoms. The second kappa shape index (κ2) is 7.56. The van der Waals surface area contributed by atoms with E-state index in [1.165, 1.54) is 16.3 Å². The van der Waals surface area contributed by atoms with Gasteiger partial charge >= 0.3 is 0 Å². The highest BCUT2D eigenvalue weighted by atomic mass is 28.3. The molecule has 0 radical (unpaired) electrons. The van der Waals surface area contributed by atoms with Crippen LogP contribution in [0, 0.1) is 0 Å². The van der Waals surface area contributed by atoms with Crippen molar-refractivity contribution in [3.05, 3.63) is 77.9 Å². The Morgan fingerprint density at radius 2 is 1.48 bits per heavy atom. The molecule has 0 aliphatic heterocycles. The molecule has 0 aliphatic rings. The highest BCUT2D eigenvalue weighted by molar-refractivity contribution is 6.91. The van der Waals surface area contributed by atoms with E-state index in [4.69, 9.17) is 0 Å².